The molecule has 1 aliphatic carbocycles. The molecule has 1 aromatic carbocycles. The monoisotopic (exact) mass is 407 g/mol. The van der Waals surface area contributed by atoms with E-state index in [4.69, 9.17) is 4.74 Å². The van der Waals surface area contributed by atoms with E-state index in [1.807, 2.05) is 0 Å². The molecule has 152 valence electrons. The molecule has 2 amide bonds. The van der Waals surface area contributed by atoms with E-state index in [-0.39, 0.29) is 22.6 Å². The van der Waals surface area contributed by atoms with Gasteiger partial charge in [-0.3, -0.25) is 9.59 Å². The molecule has 0 radical (unpaired) electrons. The molecule has 1 saturated carbocycles. The number of benzene rings is 1. The van der Waals surface area contributed by atoms with E-state index in [9.17, 15) is 18.0 Å². The van der Waals surface area contributed by atoms with E-state index in [0.717, 1.165) is 12.8 Å². The fraction of sp³-hybridized carbons (Fsp3) is 0.579. The lowest BCUT2D eigenvalue weighted by atomic mass is 9.97. The molecule has 0 aromatic heterocycles. The predicted molar refractivity (Wildman–Crippen MR) is 103 cm³/mol. The summed E-state index contributed by atoms with van der Waals surface area (Å²) in [6.07, 6.45) is 2.44. The van der Waals surface area contributed by atoms with Crippen LogP contribution in [0.1, 0.15) is 38.2 Å². The van der Waals surface area contributed by atoms with Crippen LogP contribution in [0, 0.1) is 12.8 Å². The Bertz CT molecular complexity index is 918. The van der Waals surface area contributed by atoms with Crippen LogP contribution in [0.4, 0.5) is 5.69 Å². The van der Waals surface area contributed by atoms with E-state index in [1.54, 1.807) is 19.9 Å². The molecule has 2 aliphatic heterocycles. The normalized spacial score (nSPS) is 23.5. The number of hydrogen-bond donors (Lipinski definition) is 2. The Hall–Kier alpha value is -2.13. The van der Waals surface area contributed by atoms with E-state index >= 15 is 0 Å². The van der Waals surface area contributed by atoms with E-state index < -0.39 is 16.1 Å². The molecule has 1 saturated heterocycles. The van der Waals surface area contributed by atoms with Crippen molar-refractivity contribution in [2.45, 2.75) is 56.6 Å². The van der Waals surface area contributed by atoms with Gasteiger partial charge in [0, 0.05) is 31.1 Å². The molecule has 4 rings (SSSR count). The van der Waals surface area contributed by atoms with Crippen molar-refractivity contribution in [2.24, 2.45) is 5.92 Å². The molecule has 28 heavy (non-hydrogen) atoms. The van der Waals surface area contributed by atoms with Crippen molar-refractivity contribution < 1.29 is 22.7 Å². The number of fused-ring (bicyclic) bond motifs is 1. The lowest BCUT2D eigenvalue weighted by Crippen LogP contribution is -2.43. The second kappa shape index (κ2) is 7.04. The second-order valence-corrected chi connectivity index (χ2v) is 9.73. The van der Waals surface area contributed by atoms with Crippen molar-refractivity contribution in [1.29, 1.82) is 0 Å². The lowest BCUT2D eigenvalue weighted by molar-refractivity contribution is -0.126. The number of amides is 2. The van der Waals surface area contributed by atoms with Gasteiger partial charge >= 0.3 is 0 Å². The van der Waals surface area contributed by atoms with Gasteiger partial charge in [0.1, 0.15) is 5.75 Å². The summed E-state index contributed by atoms with van der Waals surface area (Å²) >= 11 is 0. The number of anilines is 1. The topological polar surface area (TPSA) is 105 Å². The third-order valence-electron chi connectivity index (χ3n) is 5.57. The van der Waals surface area contributed by atoms with Gasteiger partial charge < -0.3 is 15.4 Å². The maximum atomic E-state index is 13.2. The van der Waals surface area contributed by atoms with Crippen LogP contribution in [0.15, 0.2) is 17.0 Å². The molecule has 2 fully saturated rings. The molecule has 0 spiro atoms. The summed E-state index contributed by atoms with van der Waals surface area (Å²) < 4.78 is 33.4. The maximum absolute atomic E-state index is 13.2. The zero-order valence-electron chi connectivity index (χ0n) is 16.0. The number of nitrogens with zero attached hydrogens (tertiary/aromatic N) is 1. The van der Waals surface area contributed by atoms with Gasteiger partial charge in [-0.2, -0.15) is 4.31 Å². The molecule has 9 heteroatoms. The SMILES string of the molecule is Cc1cc2c(cc1S(=O)(=O)N1CCC(C(=O)NC3CC3)CC1)O[C@@H](C)C(=O)N2. The molecule has 1 atom stereocenters. The minimum absolute atomic E-state index is 0.0441. The quantitative estimate of drug-likeness (QED) is 0.785. The van der Waals surface area contributed by atoms with Gasteiger partial charge in [-0.1, -0.05) is 0 Å². The third kappa shape index (κ3) is 3.60. The number of ether oxygens (including phenoxy) is 1. The van der Waals surface area contributed by atoms with Crippen LogP contribution in [-0.4, -0.2) is 49.8 Å². The van der Waals surface area contributed by atoms with Crippen LogP contribution in [-0.2, 0) is 19.6 Å². The van der Waals surface area contributed by atoms with Crippen molar-refractivity contribution in [3.05, 3.63) is 17.7 Å². The summed E-state index contributed by atoms with van der Waals surface area (Å²) in [7, 11) is -3.71. The molecule has 2 N–H and O–H groups in total. The first kappa shape index (κ1) is 19.2. The number of sulfonamides is 1. The molecule has 2 heterocycles. The van der Waals surface area contributed by atoms with E-state index in [2.05, 4.69) is 10.6 Å². The highest BCUT2D eigenvalue weighted by Gasteiger charge is 2.35. The summed E-state index contributed by atoms with van der Waals surface area (Å²) in [5, 5.41) is 5.73. The average molecular weight is 407 g/mol. The fourth-order valence-corrected chi connectivity index (χ4v) is 5.36. The second-order valence-electron chi connectivity index (χ2n) is 7.82. The van der Waals surface area contributed by atoms with Crippen molar-refractivity contribution in [2.75, 3.05) is 18.4 Å². The number of carbonyl (C=O) groups is 2. The minimum atomic E-state index is -3.71. The van der Waals surface area contributed by atoms with Crippen molar-refractivity contribution in [1.82, 2.24) is 9.62 Å². The molecule has 3 aliphatic rings. The predicted octanol–water partition coefficient (Wildman–Crippen LogP) is 1.39. The summed E-state index contributed by atoms with van der Waals surface area (Å²) in [5.41, 5.74) is 1.03. The van der Waals surface area contributed by atoms with Crippen LogP contribution < -0.4 is 15.4 Å². The van der Waals surface area contributed by atoms with Crippen LogP contribution in [0.25, 0.3) is 0 Å². The van der Waals surface area contributed by atoms with Crippen LogP contribution in [0.3, 0.4) is 0 Å². The van der Waals surface area contributed by atoms with Crippen molar-refractivity contribution >= 4 is 27.5 Å². The lowest BCUT2D eigenvalue weighted by Gasteiger charge is -2.31. The number of hydrogen-bond acceptors (Lipinski definition) is 5. The summed E-state index contributed by atoms with van der Waals surface area (Å²) in [5.74, 6) is 0.0164. The van der Waals surface area contributed by atoms with Crippen LogP contribution in [0.5, 0.6) is 5.75 Å². The first-order valence-corrected chi connectivity index (χ1v) is 11.1. The van der Waals surface area contributed by atoms with Gasteiger partial charge in [0.25, 0.3) is 5.91 Å². The van der Waals surface area contributed by atoms with E-state index in [1.165, 1.54) is 10.4 Å². The molecular weight excluding hydrogens is 382 g/mol. The number of aryl methyl sites for hydroxylation is 1. The Kier molecular flexibility index (Phi) is 4.83. The van der Waals surface area contributed by atoms with Crippen molar-refractivity contribution in [3.63, 3.8) is 0 Å². The van der Waals surface area contributed by atoms with Gasteiger partial charge in [0.15, 0.2) is 6.10 Å². The van der Waals surface area contributed by atoms with Gasteiger partial charge in [-0.25, -0.2) is 8.42 Å². The van der Waals surface area contributed by atoms with Gasteiger partial charge in [0.2, 0.25) is 15.9 Å². The first-order valence-electron chi connectivity index (χ1n) is 9.68. The Morgan fingerprint density at radius 3 is 2.54 bits per heavy atom. The van der Waals surface area contributed by atoms with Crippen LogP contribution in [0.2, 0.25) is 0 Å². The third-order valence-corrected chi connectivity index (χ3v) is 7.61. The van der Waals surface area contributed by atoms with Crippen molar-refractivity contribution in [3.8, 4) is 5.75 Å². The molecule has 8 nitrogen and oxygen atoms in total. The highest BCUT2D eigenvalue weighted by Crippen LogP contribution is 2.36. The highest BCUT2D eigenvalue weighted by molar-refractivity contribution is 7.89. The fourth-order valence-electron chi connectivity index (χ4n) is 3.66. The Labute approximate surface area is 164 Å². The van der Waals surface area contributed by atoms with E-state index in [0.29, 0.717) is 49.0 Å². The summed E-state index contributed by atoms with van der Waals surface area (Å²) in [4.78, 5) is 24.2. The average Bonchev–Trinajstić information content (AvgIpc) is 3.46. The highest BCUT2D eigenvalue weighted by atomic mass is 32.2. The number of nitrogens with one attached hydrogen (secondary N) is 2. The van der Waals surface area contributed by atoms with Crippen LogP contribution >= 0.6 is 0 Å². The number of piperidine rings is 1. The molecule has 0 unspecified atom stereocenters. The molecule has 1 aromatic rings. The standard InChI is InChI=1S/C19H25N3O5S/c1-11-9-15-16(27-12(2)18(23)21-15)10-17(11)28(25,26)22-7-5-13(6-8-22)19(24)20-14-3-4-14/h9-10,12-14H,3-8H2,1-2H3,(H,20,24)(H,21,23)/t12-/m0/s1. The number of rotatable bonds is 4. The molecule has 0 bridgehead atoms. The Morgan fingerprint density at radius 1 is 1.21 bits per heavy atom. The summed E-state index contributed by atoms with van der Waals surface area (Å²) in [6, 6.07) is 3.43. The largest absolute Gasteiger partial charge is 0.479 e. The van der Waals surface area contributed by atoms with Gasteiger partial charge in [-0.05, 0) is 51.2 Å². The smallest absolute Gasteiger partial charge is 0.265 e. The molecular formula is C19H25N3O5S. The van der Waals surface area contributed by atoms with Gasteiger partial charge in [0.05, 0.1) is 10.6 Å². The Balaban J connectivity index is 1.50. The van der Waals surface area contributed by atoms with Gasteiger partial charge in [-0.15, -0.1) is 0 Å². The summed E-state index contributed by atoms with van der Waals surface area (Å²) in [6.45, 7) is 3.95. The minimum Gasteiger partial charge on any atom is -0.479 e. The zero-order chi connectivity index (χ0) is 20.1. The Morgan fingerprint density at radius 2 is 1.89 bits per heavy atom. The first-order chi connectivity index (χ1) is 13.3. The zero-order valence-corrected chi connectivity index (χ0v) is 16.8. The number of carbonyl (C=O) groups excluding carboxylic acids is 2. The maximum Gasteiger partial charge on any atom is 0.265 e.